The van der Waals surface area contributed by atoms with Crippen LogP contribution in [0.5, 0.6) is 0 Å². The monoisotopic (exact) mass is 250 g/mol. The zero-order valence-electron chi connectivity index (χ0n) is 12.5. The molecule has 1 rings (SSSR count). The molecule has 0 saturated carbocycles. The van der Waals surface area contributed by atoms with E-state index in [9.17, 15) is 0 Å². The van der Waals surface area contributed by atoms with Crippen molar-refractivity contribution in [3.05, 3.63) is 11.9 Å². The molecule has 0 aliphatic heterocycles. The molecule has 0 atom stereocenters. The van der Waals surface area contributed by atoms with Gasteiger partial charge in [0.15, 0.2) is 0 Å². The maximum atomic E-state index is 4.46. The van der Waals surface area contributed by atoms with E-state index in [1.807, 2.05) is 0 Å². The van der Waals surface area contributed by atoms with Crippen LogP contribution in [0.1, 0.15) is 52.5 Å². The van der Waals surface area contributed by atoms with Crippen molar-refractivity contribution in [3.8, 4) is 0 Å². The Hall–Kier alpha value is -1.32. The van der Waals surface area contributed by atoms with Crippen molar-refractivity contribution >= 4 is 11.6 Å². The molecule has 0 aliphatic carbocycles. The Bertz CT molecular complexity index is 374. The Labute approximate surface area is 111 Å². The lowest BCUT2D eigenvalue weighted by atomic mass is 10.0. The van der Waals surface area contributed by atoms with Crippen LogP contribution in [0.3, 0.4) is 0 Å². The van der Waals surface area contributed by atoms with Crippen LogP contribution < -0.4 is 10.2 Å². The summed E-state index contributed by atoms with van der Waals surface area (Å²) in [6, 6.07) is 0.427. The first-order valence-corrected chi connectivity index (χ1v) is 6.80. The molecule has 4 nitrogen and oxygen atoms in total. The number of nitrogens with zero attached hydrogens (tertiary/aromatic N) is 3. The van der Waals surface area contributed by atoms with E-state index in [2.05, 4.69) is 61.9 Å². The SMILES string of the molecule is CCCNc1ncnc(N(C)C(C)C)c1C(C)C. The summed E-state index contributed by atoms with van der Waals surface area (Å²) >= 11 is 0. The summed E-state index contributed by atoms with van der Waals surface area (Å²) in [6.45, 7) is 11.8. The third-order valence-electron chi connectivity index (χ3n) is 3.09. The number of hydrogen-bond acceptors (Lipinski definition) is 4. The molecule has 0 radical (unpaired) electrons. The van der Waals surface area contributed by atoms with Gasteiger partial charge in [0.05, 0.1) is 0 Å². The minimum absolute atomic E-state index is 0.404. The van der Waals surface area contributed by atoms with Gasteiger partial charge in [0, 0.05) is 25.2 Å². The molecule has 1 N–H and O–H groups in total. The van der Waals surface area contributed by atoms with Gasteiger partial charge >= 0.3 is 0 Å². The van der Waals surface area contributed by atoms with Gasteiger partial charge in [-0.3, -0.25) is 0 Å². The summed E-state index contributed by atoms with van der Waals surface area (Å²) in [4.78, 5) is 11.1. The van der Waals surface area contributed by atoms with E-state index in [1.165, 1.54) is 5.56 Å². The highest BCUT2D eigenvalue weighted by atomic mass is 15.2. The maximum Gasteiger partial charge on any atom is 0.137 e. The molecular weight excluding hydrogens is 224 g/mol. The first kappa shape index (κ1) is 14.7. The maximum absolute atomic E-state index is 4.46. The fourth-order valence-electron chi connectivity index (χ4n) is 1.83. The van der Waals surface area contributed by atoms with Gasteiger partial charge in [-0.2, -0.15) is 0 Å². The number of hydrogen-bond donors (Lipinski definition) is 1. The van der Waals surface area contributed by atoms with Gasteiger partial charge in [-0.15, -0.1) is 0 Å². The lowest BCUT2D eigenvalue weighted by Crippen LogP contribution is -2.28. The predicted molar refractivity (Wildman–Crippen MR) is 78.4 cm³/mol. The second-order valence-electron chi connectivity index (χ2n) is 5.25. The number of nitrogens with one attached hydrogen (secondary N) is 1. The van der Waals surface area contributed by atoms with E-state index in [0.29, 0.717) is 12.0 Å². The third-order valence-corrected chi connectivity index (χ3v) is 3.09. The number of aromatic nitrogens is 2. The van der Waals surface area contributed by atoms with Crippen LogP contribution in [0.25, 0.3) is 0 Å². The summed E-state index contributed by atoms with van der Waals surface area (Å²) in [7, 11) is 2.09. The molecular formula is C14H26N4. The zero-order valence-corrected chi connectivity index (χ0v) is 12.5. The normalized spacial score (nSPS) is 11.1. The lowest BCUT2D eigenvalue weighted by Gasteiger charge is -2.27. The van der Waals surface area contributed by atoms with Gasteiger partial charge in [0.2, 0.25) is 0 Å². The molecule has 0 spiro atoms. The van der Waals surface area contributed by atoms with Crippen LogP contribution >= 0.6 is 0 Å². The molecule has 0 aromatic carbocycles. The van der Waals surface area contributed by atoms with Gasteiger partial charge in [0.25, 0.3) is 0 Å². The van der Waals surface area contributed by atoms with Gasteiger partial charge in [-0.1, -0.05) is 20.8 Å². The van der Waals surface area contributed by atoms with Crippen LogP contribution in [-0.4, -0.2) is 29.6 Å². The van der Waals surface area contributed by atoms with Crippen molar-refractivity contribution in [1.29, 1.82) is 0 Å². The Morgan fingerprint density at radius 2 is 1.89 bits per heavy atom. The first-order valence-electron chi connectivity index (χ1n) is 6.80. The standard InChI is InChI=1S/C14H26N4/c1-7-8-15-13-12(10(2)3)14(17-9-16-13)18(6)11(4)5/h9-11H,7-8H2,1-6H3,(H,15,16,17). The molecule has 0 fully saturated rings. The summed E-state index contributed by atoms with van der Waals surface area (Å²) in [5, 5.41) is 3.40. The highest BCUT2D eigenvalue weighted by molar-refractivity contribution is 5.60. The van der Waals surface area contributed by atoms with Crippen LogP contribution in [0.2, 0.25) is 0 Å². The zero-order chi connectivity index (χ0) is 13.7. The van der Waals surface area contributed by atoms with Crippen molar-refractivity contribution in [2.45, 2.75) is 53.0 Å². The molecule has 0 bridgehead atoms. The molecule has 1 aromatic heterocycles. The van der Waals surface area contributed by atoms with E-state index in [0.717, 1.165) is 24.6 Å². The quantitative estimate of drug-likeness (QED) is 0.841. The second-order valence-corrected chi connectivity index (χ2v) is 5.25. The average Bonchev–Trinajstić information content (AvgIpc) is 2.34. The van der Waals surface area contributed by atoms with E-state index in [4.69, 9.17) is 0 Å². The topological polar surface area (TPSA) is 41.1 Å². The number of anilines is 2. The van der Waals surface area contributed by atoms with E-state index in [1.54, 1.807) is 6.33 Å². The molecule has 1 heterocycles. The number of rotatable bonds is 6. The lowest BCUT2D eigenvalue weighted by molar-refractivity contribution is 0.723. The summed E-state index contributed by atoms with van der Waals surface area (Å²) in [5.74, 6) is 2.42. The Balaban J connectivity index is 3.17. The first-order chi connectivity index (χ1) is 8.49. The Morgan fingerprint density at radius 3 is 2.39 bits per heavy atom. The van der Waals surface area contributed by atoms with Gasteiger partial charge < -0.3 is 10.2 Å². The molecule has 18 heavy (non-hydrogen) atoms. The van der Waals surface area contributed by atoms with Crippen LogP contribution in [0.15, 0.2) is 6.33 Å². The minimum Gasteiger partial charge on any atom is -0.370 e. The van der Waals surface area contributed by atoms with Crippen molar-refractivity contribution < 1.29 is 0 Å². The van der Waals surface area contributed by atoms with Crippen molar-refractivity contribution in [2.24, 2.45) is 0 Å². The van der Waals surface area contributed by atoms with Crippen molar-refractivity contribution in [3.63, 3.8) is 0 Å². The van der Waals surface area contributed by atoms with Crippen LogP contribution in [0, 0.1) is 0 Å². The van der Waals surface area contributed by atoms with Crippen LogP contribution in [-0.2, 0) is 0 Å². The third kappa shape index (κ3) is 3.34. The van der Waals surface area contributed by atoms with Crippen molar-refractivity contribution in [1.82, 2.24) is 9.97 Å². The smallest absolute Gasteiger partial charge is 0.137 e. The van der Waals surface area contributed by atoms with Gasteiger partial charge in [-0.05, 0) is 26.2 Å². The molecule has 0 amide bonds. The molecule has 1 aromatic rings. The highest BCUT2D eigenvalue weighted by Gasteiger charge is 2.18. The molecule has 0 saturated heterocycles. The van der Waals surface area contributed by atoms with Crippen molar-refractivity contribution in [2.75, 3.05) is 23.8 Å². The van der Waals surface area contributed by atoms with Gasteiger partial charge in [0.1, 0.15) is 18.0 Å². The van der Waals surface area contributed by atoms with Crippen LogP contribution in [0.4, 0.5) is 11.6 Å². The Kier molecular flexibility index (Phi) is 5.38. The summed E-state index contributed by atoms with van der Waals surface area (Å²) < 4.78 is 0. The second kappa shape index (κ2) is 6.57. The van der Waals surface area contributed by atoms with E-state index in [-0.39, 0.29) is 0 Å². The summed E-state index contributed by atoms with van der Waals surface area (Å²) in [5.41, 5.74) is 1.21. The highest BCUT2D eigenvalue weighted by Crippen LogP contribution is 2.30. The van der Waals surface area contributed by atoms with E-state index < -0.39 is 0 Å². The molecule has 0 unspecified atom stereocenters. The fourth-order valence-corrected chi connectivity index (χ4v) is 1.83. The molecule has 4 heteroatoms. The average molecular weight is 250 g/mol. The summed E-state index contributed by atoms with van der Waals surface area (Å²) in [6.07, 6.45) is 2.75. The minimum atomic E-state index is 0.404. The predicted octanol–water partition coefficient (Wildman–Crippen LogP) is 3.27. The van der Waals surface area contributed by atoms with E-state index >= 15 is 0 Å². The molecule has 0 aliphatic rings. The molecule has 102 valence electrons. The fraction of sp³-hybridized carbons (Fsp3) is 0.714. The largest absolute Gasteiger partial charge is 0.370 e. The van der Waals surface area contributed by atoms with Gasteiger partial charge in [-0.25, -0.2) is 9.97 Å². The Morgan fingerprint density at radius 1 is 1.22 bits per heavy atom.